The Labute approximate surface area is 113 Å². The fourth-order valence-corrected chi connectivity index (χ4v) is 1.57. The lowest BCUT2D eigenvalue weighted by Gasteiger charge is -2.04. The Hall–Kier alpha value is -2.54. The maximum Gasteiger partial charge on any atom is 0.134 e. The van der Waals surface area contributed by atoms with E-state index in [-0.39, 0.29) is 0 Å². The van der Waals surface area contributed by atoms with Crippen LogP contribution in [-0.2, 0) is 0 Å². The zero-order valence-corrected chi connectivity index (χ0v) is 10.8. The third-order valence-corrected chi connectivity index (χ3v) is 2.56. The minimum atomic E-state index is 0.724. The molecule has 19 heavy (non-hydrogen) atoms. The minimum Gasteiger partial charge on any atom is -0.457 e. The minimum absolute atomic E-state index is 0.724. The highest BCUT2D eigenvalue weighted by Gasteiger charge is 1.94. The van der Waals surface area contributed by atoms with Gasteiger partial charge in [-0.05, 0) is 23.4 Å². The number of rotatable bonds is 2. The van der Waals surface area contributed by atoms with Gasteiger partial charge >= 0.3 is 0 Å². The molecule has 0 fully saturated rings. The summed E-state index contributed by atoms with van der Waals surface area (Å²) in [6, 6.07) is 23.1. The van der Waals surface area contributed by atoms with Gasteiger partial charge in [0.15, 0.2) is 0 Å². The molecule has 0 unspecified atom stereocenters. The Bertz CT molecular complexity index is 688. The van der Waals surface area contributed by atoms with Gasteiger partial charge < -0.3 is 4.74 Å². The normalized spacial score (nSPS) is 9.47. The lowest BCUT2D eigenvalue weighted by Crippen LogP contribution is -2.00. The molecule has 2 rings (SSSR count). The van der Waals surface area contributed by atoms with Crippen molar-refractivity contribution in [2.24, 2.45) is 0 Å². The molecule has 0 heterocycles. The van der Waals surface area contributed by atoms with Gasteiger partial charge in [0, 0.05) is 5.22 Å². The Kier molecular flexibility index (Phi) is 4.35. The molecular weight excluding hydrogens is 232 g/mol. The summed E-state index contributed by atoms with van der Waals surface area (Å²) in [5, 5.41) is 1.76. The Morgan fingerprint density at radius 2 is 1.26 bits per heavy atom. The number of hydrogen-bond acceptors (Lipinski definition) is 1. The van der Waals surface area contributed by atoms with E-state index < -0.39 is 0 Å². The fourth-order valence-electron chi connectivity index (χ4n) is 1.57. The van der Waals surface area contributed by atoms with Crippen LogP contribution in [0.5, 0.6) is 11.5 Å². The van der Waals surface area contributed by atoms with Crippen molar-refractivity contribution in [1.29, 1.82) is 0 Å². The molecule has 0 aromatic heterocycles. The molecule has 0 atom stereocenters. The molecule has 0 saturated heterocycles. The van der Waals surface area contributed by atoms with Crippen LogP contribution in [-0.4, -0.2) is 0 Å². The SMILES string of the molecule is C=c1ccccc(=C)c(Oc2ccccc2)ccc1. The molecule has 2 aromatic carbocycles. The van der Waals surface area contributed by atoms with E-state index in [1.54, 1.807) is 0 Å². The van der Waals surface area contributed by atoms with E-state index in [0.29, 0.717) is 0 Å². The van der Waals surface area contributed by atoms with Crippen molar-refractivity contribution in [1.82, 2.24) is 0 Å². The first kappa shape index (κ1) is 12.9. The van der Waals surface area contributed by atoms with E-state index in [9.17, 15) is 0 Å². The van der Waals surface area contributed by atoms with Gasteiger partial charge in [0.2, 0.25) is 0 Å². The molecule has 0 saturated carbocycles. The molecule has 94 valence electrons. The fraction of sp³-hybridized carbons (Fsp3) is 0. The van der Waals surface area contributed by atoms with Gasteiger partial charge in [-0.2, -0.15) is 0 Å². The summed E-state index contributed by atoms with van der Waals surface area (Å²) in [4.78, 5) is 0. The molecule has 0 aliphatic heterocycles. The highest BCUT2D eigenvalue weighted by atomic mass is 16.5. The second-order valence-electron chi connectivity index (χ2n) is 4.12. The quantitative estimate of drug-likeness (QED) is 0.791. The zero-order valence-electron chi connectivity index (χ0n) is 10.8. The molecule has 0 amide bonds. The third kappa shape index (κ3) is 4.00. The van der Waals surface area contributed by atoms with Crippen LogP contribution >= 0.6 is 0 Å². The molecule has 1 nitrogen and oxygen atoms in total. The number of benzene rings is 1. The highest BCUT2D eigenvalue weighted by Crippen LogP contribution is 2.15. The standard InChI is InChI=1S/C18H16O/c1-15-9-6-7-11-16(2)18(14-8-10-15)19-17-12-4-3-5-13-17/h3-14H,1-2H2. The Balaban J connectivity index is 2.48. The first-order valence-electron chi connectivity index (χ1n) is 6.10. The van der Waals surface area contributed by atoms with Crippen LogP contribution in [0.2, 0.25) is 0 Å². The summed E-state index contributed by atoms with van der Waals surface area (Å²) in [7, 11) is 0. The molecule has 0 spiro atoms. The van der Waals surface area contributed by atoms with Crippen molar-refractivity contribution in [3.63, 3.8) is 0 Å². The van der Waals surface area contributed by atoms with E-state index in [1.807, 2.05) is 72.8 Å². The van der Waals surface area contributed by atoms with E-state index in [4.69, 9.17) is 4.74 Å². The third-order valence-electron chi connectivity index (χ3n) is 2.56. The Morgan fingerprint density at radius 3 is 2.05 bits per heavy atom. The van der Waals surface area contributed by atoms with Gasteiger partial charge in [-0.15, -0.1) is 0 Å². The van der Waals surface area contributed by atoms with Crippen LogP contribution in [0.3, 0.4) is 0 Å². The summed E-state index contributed by atoms with van der Waals surface area (Å²) >= 11 is 0. The number of para-hydroxylation sites is 1. The molecule has 0 N–H and O–H groups in total. The van der Waals surface area contributed by atoms with Crippen molar-refractivity contribution < 1.29 is 4.74 Å². The van der Waals surface area contributed by atoms with Crippen LogP contribution in [0.15, 0.2) is 72.8 Å². The van der Waals surface area contributed by atoms with Gasteiger partial charge in [0.1, 0.15) is 11.5 Å². The highest BCUT2D eigenvalue weighted by molar-refractivity contribution is 5.31. The Morgan fingerprint density at radius 1 is 0.632 bits per heavy atom. The summed E-state index contributed by atoms with van der Waals surface area (Å²) in [6.45, 7) is 7.93. The average molecular weight is 248 g/mol. The average Bonchev–Trinajstić information content (AvgIpc) is 2.43. The summed E-state index contributed by atoms with van der Waals surface area (Å²) in [5.41, 5.74) is 0. The number of hydrogen-bond donors (Lipinski definition) is 0. The summed E-state index contributed by atoms with van der Waals surface area (Å²) in [5.74, 6) is 1.52. The first-order valence-corrected chi connectivity index (χ1v) is 6.10. The first-order chi connectivity index (χ1) is 9.25. The predicted octanol–water partition coefficient (Wildman–Crippen LogP) is 3.42. The van der Waals surface area contributed by atoms with E-state index in [2.05, 4.69) is 13.2 Å². The smallest absolute Gasteiger partial charge is 0.134 e. The van der Waals surface area contributed by atoms with E-state index in [1.165, 1.54) is 0 Å². The zero-order chi connectivity index (χ0) is 13.5. The van der Waals surface area contributed by atoms with Crippen molar-refractivity contribution in [2.75, 3.05) is 0 Å². The van der Waals surface area contributed by atoms with Crippen molar-refractivity contribution in [2.45, 2.75) is 0 Å². The van der Waals surface area contributed by atoms with Crippen LogP contribution in [0.1, 0.15) is 0 Å². The molecule has 0 bridgehead atoms. The van der Waals surface area contributed by atoms with Crippen LogP contribution < -0.4 is 15.2 Å². The summed E-state index contributed by atoms with van der Waals surface area (Å²) in [6.07, 6.45) is 0. The second-order valence-corrected chi connectivity index (χ2v) is 4.12. The van der Waals surface area contributed by atoms with Crippen molar-refractivity contribution in [3.05, 3.63) is 83.2 Å². The molecule has 2 aromatic rings. The van der Waals surface area contributed by atoms with Crippen LogP contribution in [0, 0.1) is 0 Å². The maximum atomic E-state index is 5.84. The van der Waals surface area contributed by atoms with Crippen molar-refractivity contribution in [3.8, 4) is 11.5 Å². The van der Waals surface area contributed by atoms with Crippen LogP contribution in [0.4, 0.5) is 0 Å². The lowest BCUT2D eigenvalue weighted by atomic mass is 10.3. The molecular formula is C18H16O. The van der Waals surface area contributed by atoms with Crippen LogP contribution in [0.25, 0.3) is 13.2 Å². The van der Waals surface area contributed by atoms with Gasteiger partial charge in [0.25, 0.3) is 0 Å². The van der Waals surface area contributed by atoms with Gasteiger partial charge in [-0.25, -0.2) is 0 Å². The topological polar surface area (TPSA) is 9.23 Å². The van der Waals surface area contributed by atoms with E-state index in [0.717, 1.165) is 21.9 Å². The molecule has 1 heteroatoms. The van der Waals surface area contributed by atoms with Gasteiger partial charge in [-0.3, -0.25) is 0 Å². The lowest BCUT2D eigenvalue weighted by molar-refractivity contribution is 0.479. The van der Waals surface area contributed by atoms with E-state index >= 15 is 0 Å². The van der Waals surface area contributed by atoms with Crippen molar-refractivity contribution >= 4 is 13.2 Å². The van der Waals surface area contributed by atoms with Gasteiger partial charge in [0.05, 0.1) is 0 Å². The molecule has 0 radical (unpaired) electrons. The maximum absolute atomic E-state index is 5.84. The second kappa shape index (κ2) is 6.41. The molecule has 0 aliphatic carbocycles. The largest absolute Gasteiger partial charge is 0.457 e. The monoisotopic (exact) mass is 248 g/mol. The summed E-state index contributed by atoms with van der Waals surface area (Å²) < 4.78 is 5.84. The molecule has 0 aliphatic rings. The number of ether oxygens (including phenoxy) is 1. The van der Waals surface area contributed by atoms with Gasteiger partial charge in [-0.1, -0.05) is 67.8 Å². The predicted molar refractivity (Wildman–Crippen MR) is 80.9 cm³/mol.